The van der Waals surface area contributed by atoms with Gasteiger partial charge in [-0.3, -0.25) is 0 Å². The molecule has 1 fully saturated rings. The van der Waals surface area contributed by atoms with E-state index in [1.54, 1.807) is 0 Å². The highest BCUT2D eigenvalue weighted by Crippen LogP contribution is 2.18. The Bertz CT molecular complexity index is 348. The van der Waals surface area contributed by atoms with Crippen molar-refractivity contribution < 1.29 is 9.47 Å². The molecule has 1 aromatic rings. The maximum absolute atomic E-state index is 5.83. The van der Waals surface area contributed by atoms with Crippen LogP contribution in [0.4, 0.5) is 0 Å². The van der Waals surface area contributed by atoms with Gasteiger partial charge in [0.25, 0.3) is 0 Å². The van der Waals surface area contributed by atoms with E-state index in [2.05, 4.69) is 24.4 Å². The lowest BCUT2D eigenvalue weighted by atomic mass is 10.00. The molecule has 0 saturated carbocycles. The van der Waals surface area contributed by atoms with Crippen LogP contribution in [0.25, 0.3) is 0 Å². The van der Waals surface area contributed by atoms with Gasteiger partial charge in [0.2, 0.25) is 0 Å². The number of benzene rings is 1. The molecule has 1 heterocycles. The van der Waals surface area contributed by atoms with E-state index in [1.807, 2.05) is 19.2 Å². The Morgan fingerprint density at radius 1 is 1.53 bits per heavy atom. The van der Waals surface area contributed by atoms with E-state index in [4.69, 9.17) is 9.47 Å². The minimum Gasteiger partial charge on any atom is -0.492 e. The summed E-state index contributed by atoms with van der Waals surface area (Å²) in [6.07, 6.45) is 1.13. The fraction of sp³-hybridized carbons (Fsp3) is 0.571. The van der Waals surface area contributed by atoms with Gasteiger partial charge in [0.05, 0.1) is 6.61 Å². The third-order valence-electron chi connectivity index (χ3n) is 3.32. The van der Waals surface area contributed by atoms with Crippen LogP contribution in [-0.4, -0.2) is 32.9 Å². The van der Waals surface area contributed by atoms with Crippen LogP contribution >= 0.6 is 0 Å². The Balaban J connectivity index is 1.87. The van der Waals surface area contributed by atoms with Crippen molar-refractivity contribution in [2.75, 3.05) is 26.9 Å². The molecule has 2 rings (SSSR count). The van der Waals surface area contributed by atoms with Gasteiger partial charge in [0, 0.05) is 18.6 Å². The Labute approximate surface area is 103 Å². The van der Waals surface area contributed by atoms with Gasteiger partial charge in [-0.25, -0.2) is 0 Å². The summed E-state index contributed by atoms with van der Waals surface area (Å²) in [5.41, 5.74) is 1.23. The topological polar surface area (TPSA) is 30.5 Å². The second-order valence-electron chi connectivity index (χ2n) is 4.65. The molecule has 1 N–H and O–H groups in total. The Kier molecular flexibility index (Phi) is 4.40. The average Bonchev–Trinajstić information content (AvgIpc) is 2.84. The van der Waals surface area contributed by atoms with E-state index in [1.165, 1.54) is 5.56 Å². The molecule has 1 aromatic carbocycles. The monoisotopic (exact) mass is 235 g/mol. The van der Waals surface area contributed by atoms with Crippen molar-refractivity contribution >= 4 is 0 Å². The minimum absolute atomic E-state index is 0.373. The number of hydrogen-bond acceptors (Lipinski definition) is 3. The first-order chi connectivity index (χ1) is 8.29. The quantitative estimate of drug-likeness (QED) is 0.846. The summed E-state index contributed by atoms with van der Waals surface area (Å²) in [5.74, 6) is 1.52. The molecule has 3 nitrogen and oxygen atoms in total. The average molecular weight is 235 g/mol. The summed E-state index contributed by atoms with van der Waals surface area (Å²) in [6.45, 7) is 4.51. The number of aryl methyl sites for hydroxylation is 1. The van der Waals surface area contributed by atoms with Crippen LogP contribution in [-0.2, 0) is 4.74 Å². The SMILES string of the molecule is CNC(COc1cccc(C)c1)C1CCOC1. The number of rotatable bonds is 5. The van der Waals surface area contributed by atoms with Crippen molar-refractivity contribution in [2.24, 2.45) is 5.92 Å². The fourth-order valence-electron chi connectivity index (χ4n) is 2.22. The maximum Gasteiger partial charge on any atom is 0.119 e. The molecule has 1 aliphatic heterocycles. The summed E-state index contributed by atoms with van der Waals surface area (Å²) < 4.78 is 11.2. The highest BCUT2D eigenvalue weighted by atomic mass is 16.5. The van der Waals surface area contributed by atoms with E-state index >= 15 is 0 Å². The van der Waals surface area contributed by atoms with Crippen LogP contribution in [0, 0.1) is 12.8 Å². The third kappa shape index (κ3) is 3.45. The minimum atomic E-state index is 0.373. The first-order valence-electron chi connectivity index (χ1n) is 6.24. The van der Waals surface area contributed by atoms with E-state index in [0.29, 0.717) is 18.6 Å². The van der Waals surface area contributed by atoms with Gasteiger partial charge in [0.15, 0.2) is 0 Å². The van der Waals surface area contributed by atoms with Gasteiger partial charge in [-0.1, -0.05) is 12.1 Å². The summed E-state index contributed by atoms with van der Waals surface area (Å²) in [5, 5.41) is 3.32. The molecule has 2 atom stereocenters. The molecule has 0 bridgehead atoms. The highest BCUT2D eigenvalue weighted by molar-refractivity contribution is 5.27. The first kappa shape index (κ1) is 12.4. The second-order valence-corrected chi connectivity index (χ2v) is 4.65. The number of likely N-dealkylation sites (N-methyl/N-ethyl adjacent to an activating group) is 1. The standard InChI is InChI=1S/C14H21NO2/c1-11-4-3-5-13(8-11)17-10-14(15-2)12-6-7-16-9-12/h3-5,8,12,14-15H,6-7,9-10H2,1-2H3. The molecule has 2 unspecified atom stereocenters. The summed E-state index contributed by atoms with van der Waals surface area (Å²) >= 11 is 0. The second kappa shape index (κ2) is 6.03. The van der Waals surface area contributed by atoms with E-state index in [9.17, 15) is 0 Å². The first-order valence-corrected chi connectivity index (χ1v) is 6.24. The largest absolute Gasteiger partial charge is 0.492 e. The number of hydrogen-bond donors (Lipinski definition) is 1. The molecular weight excluding hydrogens is 214 g/mol. The van der Waals surface area contributed by atoms with Gasteiger partial charge in [-0.15, -0.1) is 0 Å². The Morgan fingerprint density at radius 2 is 2.41 bits per heavy atom. The lowest BCUT2D eigenvalue weighted by molar-refractivity contribution is 0.162. The predicted octanol–water partition coefficient (Wildman–Crippen LogP) is 2.00. The van der Waals surface area contributed by atoms with Crippen molar-refractivity contribution in [3.8, 4) is 5.75 Å². The van der Waals surface area contributed by atoms with Gasteiger partial charge in [-0.05, 0) is 38.1 Å². The molecule has 0 spiro atoms. The fourth-order valence-corrected chi connectivity index (χ4v) is 2.22. The maximum atomic E-state index is 5.83. The van der Waals surface area contributed by atoms with E-state index in [0.717, 1.165) is 25.4 Å². The van der Waals surface area contributed by atoms with E-state index in [-0.39, 0.29) is 0 Å². The van der Waals surface area contributed by atoms with Gasteiger partial charge >= 0.3 is 0 Å². The zero-order chi connectivity index (χ0) is 12.1. The van der Waals surface area contributed by atoms with Crippen molar-refractivity contribution in [3.05, 3.63) is 29.8 Å². The van der Waals surface area contributed by atoms with E-state index < -0.39 is 0 Å². The predicted molar refractivity (Wildman–Crippen MR) is 68.4 cm³/mol. The van der Waals surface area contributed by atoms with Crippen LogP contribution in [0.2, 0.25) is 0 Å². The lowest BCUT2D eigenvalue weighted by Crippen LogP contribution is -2.39. The lowest BCUT2D eigenvalue weighted by Gasteiger charge is -2.22. The number of ether oxygens (including phenoxy) is 2. The molecule has 0 amide bonds. The molecule has 94 valence electrons. The Hall–Kier alpha value is -1.06. The molecule has 0 aromatic heterocycles. The molecule has 0 aliphatic carbocycles. The third-order valence-corrected chi connectivity index (χ3v) is 3.32. The Morgan fingerprint density at radius 3 is 3.06 bits per heavy atom. The molecule has 3 heteroatoms. The summed E-state index contributed by atoms with van der Waals surface area (Å²) in [6, 6.07) is 8.55. The van der Waals surface area contributed by atoms with Crippen LogP contribution < -0.4 is 10.1 Å². The zero-order valence-electron chi connectivity index (χ0n) is 10.6. The van der Waals surface area contributed by atoms with Crippen molar-refractivity contribution in [2.45, 2.75) is 19.4 Å². The molecule has 0 radical (unpaired) electrons. The van der Waals surface area contributed by atoms with Crippen molar-refractivity contribution in [1.29, 1.82) is 0 Å². The molecule has 1 aliphatic rings. The van der Waals surface area contributed by atoms with Crippen LogP contribution in [0.15, 0.2) is 24.3 Å². The van der Waals surface area contributed by atoms with Crippen molar-refractivity contribution in [1.82, 2.24) is 5.32 Å². The summed E-state index contributed by atoms with van der Waals surface area (Å²) in [7, 11) is 1.99. The normalized spacial score (nSPS) is 21.4. The van der Waals surface area contributed by atoms with Gasteiger partial charge in [0.1, 0.15) is 12.4 Å². The summed E-state index contributed by atoms with van der Waals surface area (Å²) in [4.78, 5) is 0. The molecular formula is C14H21NO2. The molecule has 1 saturated heterocycles. The van der Waals surface area contributed by atoms with Gasteiger partial charge in [-0.2, -0.15) is 0 Å². The van der Waals surface area contributed by atoms with Gasteiger partial charge < -0.3 is 14.8 Å². The van der Waals surface area contributed by atoms with Crippen LogP contribution in [0.3, 0.4) is 0 Å². The van der Waals surface area contributed by atoms with Crippen molar-refractivity contribution in [3.63, 3.8) is 0 Å². The highest BCUT2D eigenvalue weighted by Gasteiger charge is 2.24. The smallest absolute Gasteiger partial charge is 0.119 e. The number of nitrogens with one attached hydrogen (secondary N) is 1. The molecule has 17 heavy (non-hydrogen) atoms. The zero-order valence-corrected chi connectivity index (χ0v) is 10.6. The van der Waals surface area contributed by atoms with Crippen LogP contribution in [0.5, 0.6) is 5.75 Å². The van der Waals surface area contributed by atoms with Crippen LogP contribution in [0.1, 0.15) is 12.0 Å².